The van der Waals surface area contributed by atoms with Gasteiger partial charge in [0.25, 0.3) is 0 Å². The molecule has 5 N–H and O–H groups in total. The van der Waals surface area contributed by atoms with E-state index in [4.69, 9.17) is 11.5 Å². The number of nitrogen functional groups attached to an aromatic ring is 1. The van der Waals surface area contributed by atoms with E-state index in [1.807, 2.05) is 0 Å². The molecule has 1 aromatic rings. The van der Waals surface area contributed by atoms with Gasteiger partial charge >= 0.3 is 0 Å². The lowest BCUT2D eigenvalue weighted by Gasteiger charge is -2.14. The molecule has 0 saturated heterocycles. The van der Waals surface area contributed by atoms with E-state index in [2.05, 4.69) is 5.32 Å². The maximum absolute atomic E-state index is 11.6. The topological polar surface area (TPSA) is 101 Å². The van der Waals surface area contributed by atoms with Crippen molar-refractivity contribution in [3.05, 3.63) is 24.3 Å². The highest BCUT2D eigenvalue weighted by Crippen LogP contribution is 2.11. The predicted octanol–water partition coefficient (Wildman–Crippen LogP) is -0.376. The molecule has 2 amide bonds. The van der Waals surface area contributed by atoms with Crippen molar-refractivity contribution in [2.45, 2.75) is 0 Å². The van der Waals surface area contributed by atoms with E-state index >= 15 is 0 Å². The molecule has 0 saturated carbocycles. The van der Waals surface area contributed by atoms with Gasteiger partial charge in [0.15, 0.2) is 0 Å². The minimum atomic E-state index is -0.468. The predicted molar refractivity (Wildman–Crippen MR) is 66.2 cm³/mol. The number of nitrogens with zero attached hydrogens (tertiary/aromatic N) is 1. The van der Waals surface area contributed by atoms with Crippen LogP contribution in [0.2, 0.25) is 0 Å². The van der Waals surface area contributed by atoms with Crippen molar-refractivity contribution in [3.8, 4) is 0 Å². The number of hydrogen-bond donors (Lipinski definition) is 3. The molecule has 0 spiro atoms. The smallest absolute Gasteiger partial charge is 0.238 e. The largest absolute Gasteiger partial charge is 0.399 e. The first kappa shape index (κ1) is 13.0. The van der Waals surface area contributed by atoms with E-state index < -0.39 is 5.91 Å². The fourth-order valence-electron chi connectivity index (χ4n) is 1.38. The lowest BCUT2D eigenvalue weighted by molar-refractivity contribution is -0.120. The number of benzene rings is 1. The summed E-state index contributed by atoms with van der Waals surface area (Å²) in [5.41, 5.74) is 11.8. The fourth-order valence-corrected chi connectivity index (χ4v) is 1.38. The average molecular weight is 236 g/mol. The summed E-state index contributed by atoms with van der Waals surface area (Å²) in [5, 5.41) is 2.67. The zero-order valence-electron chi connectivity index (χ0n) is 9.64. The fraction of sp³-hybridized carbons (Fsp3) is 0.273. The first-order valence-electron chi connectivity index (χ1n) is 5.09. The summed E-state index contributed by atoms with van der Waals surface area (Å²) in [6, 6.07) is 6.88. The number of rotatable bonds is 5. The lowest BCUT2D eigenvalue weighted by atomic mass is 10.3. The average Bonchev–Trinajstić information content (AvgIpc) is 2.14. The summed E-state index contributed by atoms with van der Waals surface area (Å²) < 4.78 is 0. The molecule has 1 rings (SSSR count). The standard InChI is InChI=1S/C11H16N4O2/c1-15(6-10(13)16)7-11(17)14-9-4-2-3-8(12)5-9/h2-5H,6-7,12H2,1H3,(H2,13,16)(H,14,17). The summed E-state index contributed by atoms with van der Waals surface area (Å²) in [4.78, 5) is 23.7. The van der Waals surface area contributed by atoms with E-state index in [1.54, 1.807) is 31.3 Å². The van der Waals surface area contributed by atoms with E-state index in [1.165, 1.54) is 4.90 Å². The Morgan fingerprint density at radius 1 is 1.35 bits per heavy atom. The maximum Gasteiger partial charge on any atom is 0.238 e. The second kappa shape index (κ2) is 5.86. The van der Waals surface area contributed by atoms with Crippen molar-refractivity contribution in [2.75, 3.05) is 31.2 Å². The molecule has 0 unspecified atom stereocenters. The molecule has 0 atom stereocenters. The highest BCUT2D eigenvalue weighted by atomic mass is 16.2. The first-order chi connectivity index (χ1) is 7.97. The number of amides is 2. The van der Waals surface area contributed by atoms with Crippen LogP contribution in [0.1, 0.15) is 0 Å². The first-order valence-corrected chi connectivity index (χ1v) is 5.09. The summed E-state index contributed by atoms with van der Waals surface area (Å²) in [7, 11) is 1.64. The van der Waals surface area contributed by atoms with Crippen LogP contribution < -0.4 is 16.8 Å². The van der Waals surface area contributed by atoms with Crippen LogP contribution in [0.4, 0.5) is 11.4 Å². The Morgan fingerprint density at radius 3 is 2.65 bits per heavy atom. The number of anilines is 2. The molecule has 0 aliphatic carbocycles. The molecule has 0 heterocycles. The van der Waals surface area contributed by atoms with E-state index in [9.17, 15) is 9.59 Å². The van der Waals surface area contributed by atoms with Crippen LogP contribution >= 0.6 is 0 Å². The molecule has 0 aromatic heterocycles. The van der Waals surface area contributed by atoms with Gasteiger partial charge in [-0.3, -0.25) is 14.5 Å². The van der Waals surface area contributed by atoms with Gasteiger partial charge < -0.3 is 16.8 Å². The van der Waals surface area contributed by atoms with Crippen LogP contribution in [0.25, 0.3) is 0 Å². The van der Waals surface area contributed by atoms with Gasteiger partial charge in [-0.2, -0.15) is 0 Å². The summed E-state index contributed by atoms with van der Waals surface area (Å²) >= 11 is 0. The molecule has 6 heteroatoms. The Hall–Kier alpha value is -2.08. The highest BCUT2D eigenvalue weighted by Gasteiger charge is 2.08. The van der Waals surface area contributed by atoms with Gasteiger partial charge in [-0.15, -0.1) is 0 Å². The van der Waals surface area contributed by atoms with Crippen molar-refractivity contribution < 1.29 is 9.59 Å². The quantitative estimate of drug-likeness (QED) is 0.607. The Balaban J connectivity index is 2.47. The number of carbonyl (C=O) groups excluding carboxylic acids is 2. The molecule has 0 fully saturated rings. The number of nitrogens with two attached hydrogens (primary N) is 2. The minimum Gasteiger partial charge on any atom is -0.399 e. The Labute approximate surface area is 99.6 Å². The molecule has 0 radical (unpaired) electrons. The summed E-state index contributed by atoms with van der Waals surface area (Å²) in [6.45, 7) is 0.141. The van der Waals surface area contributed by atoms with Gasteiger partial charge in [0.2, 0.25) is 11.8 Å². The molecule has 1 aromatic carbocycles. The third kappa shape index (κ3) is 4.98. The number of likely N-dealkylation sites (N-methyl/N-ethyl adjacent to an activating group) is 1. The van der Waals surface area contributed by atoms with Crippen LogP contribution in [-0.4, -0.2) is 36.9 Å². The Bertz CT molecular complexity index is 420. The van der Waals surface area contributed by atoms with Crippen molar-refractivity contribution >= 4 is 23.2 Å². The Morgan fingerprint density at radius 2 is 2.06 bits per heavy atom. The molecular weight excluding hydrogens is 220 g/mol. The van der Waals surface area contributed by atoms with Crippen molar-refractivity contribution in [3.63, 3.8) is 0 Å². The summed E-state index contributed by atoms with van der Waals surface area (Å²) in [6.07, 6.45) is 0. The minimum absolute atomic E-state index is 0.0460. The van der Waals surface area contributed by atoms with E-state index in [0.717, 1.165) is 0 Å². The molecule has 0 aliphatic rings. The van der Waals surface area contributed by atoms with E-state index in [0.29, 0.717) is 11.4 Å². The highest BCUT2D eigenvalue weighted by molar-refractivity contribution is 5.92. The van der Waals surface area contributed by atoms with Crippen molar-refractivity contribution in [1.82, 2.24) is 4.90 Å². The van der Waals surface area contributed by atoms with Gasteiger partial charge in [0.05, 0.1) is 13.1 Å². The van der Waals surface area contributed by atoms with Crippen LogP contribution in [0.5, 0.6) is 0 Å². The van der Waals surface area contributed by atoms with Crippen LogP contribution in [0.3, 0.4) is 0 Å². The summed E-state index contributed by atoms with van der Waals surface area (Å²) in [5.74, 6) is -0.691. The normalized spacial score (nSPS) is 10.2. The second-order valence-corrected chi connectivity index (χ2v) is 3.81. The number of carbonyl (C=O) groups is 2. The number of primary amides is 1. The Kier molecular flexibility index (Phi) is 4.47. The van der Waals surface area contributed by atoms with Gasteiger partial charge in [0.1, 0.15) is 0 Å². The maximum atomic E-state index is 11.6. The zero-order valence-corrected chi connectivity index (χ0v) is 9.64. The van der Waals surface area contributed by atoms with Crippen LogP contribution in [-0.2, 0) is 9.59 Å². The second-order valence-electron chi connectivity index (χ2n) is 3.81. The number of nitrogens with one attached hydrogen (secondary N) is 1. The molecule has 6 nitrogen and oxygen atoms in total. The zero-order chi connectivity index (χ0) is 12.8. The third-order valence-corrected chi connectivity index (χ3v) is 2.01. The number of hydrogen-bond acceptors (Lipinski definition) is 4. The lowest BCUT2D eigenvalue weighted by Crippen LogP contribution is -2.36. The van der Waals surface area contributed by atoms with Gasteiger partial charge in [-0.05, 0) is 25.2 Å². The van der Waals surface area contributed by atoms with Gasteiger partial charge in [0, 0.05) is 11.4 Å². The monoisotopic (exact) mass is 236 g/mol. The molecule has 17 heavy (non-hydrogen) atoms. The molecule has 0 bridgehead atoms. The van der Waals surface area contributed by atoms with Gasteiger partial charge in [-0.25, -0.2) is 0 Å². The van der Waals surface area contributed by atoms with Crippen molar-refractivity contribution in [2.24, 2.45) is 5.73 Å². The van der Waals surface area contributed by atoms with E-state index in [-0.39, 0.29) is 19.0 Å². The molecule has 0 aliphatic heterocycles. The molecule has 92 valence electrons. The van der Waals surface area contributed by atoms with Gasteiger partial charge in [-0.1, -0.05) is 6.07 Å². The van der Waals surface area contributed by atoms with Crippen molar-refractivity contribution in [1.29, 1.82) is 0 Å². The third-order valence-electron chi connectivity index (χ3n) is 2.01. The van der Waals surface area contributed by atoms with Crippen LogP contribution in [0, 0.1) is 0 Å². The van der Waals surface area contributed by atoms with Crippen LogP contribution in [0.15, 0.2) is 24.3 Å². The molecular formula is C11H16N4O2. The SMILES string of the molecule is CN(CC(N)=O)CC(=O)Nc1cccc(N)c1.